The molecule has 7 nitrogen and oxygen atoms in total. The first kappa shape index (κ1) is 12.2. The van der Waals surface area contributed by atoms with Crippen LogP contribution in [-0.2, 0) is 9.59 Å². The molecule has 1 amide bonds. The van der Waals surface area contributed by atoms with Crippen LogP contribution in [-0.4, -0.2) is 41.6 Å². The van der Waals surface area contributed by atoms with Gasteiger partial charge in [0.05, 0.1) is 17.5 Å². The molecular formula is C13H8N4O3S. The molecule has 0 aromatic carbocycles. The van der Waals surface area contributed by atoms with E-state index in [0.29, 0.717) is 16.9 Å². The molecule has 21 heavy (non-hydrogen) atoms. The van der Waals surface area contributed by atoms with Crippen molar-refractivity contribution in [2.75, 3.05) is 0 Å². The Bertz CT molecular complexity index is 821. The number of carboxylic acids is 1. The van der Waals surface area contributed by atoms with Gasteiger partial charge in [-0.3, -0.25) is 14.7 Å². The minimum Gasteiger partial charge on any atom is -0.477 e. The van der Waals surface area contributed by atoms with E-state index in [2.05, 4.69) is 9.97 Å². The Morgan fingerprint density at radius 3 is 3.10 bits per heavy atom. The Morgan fingerprint density at radius 2 is 2.33 bits per heavy atom. The summed E-state index contributed by atoms with van der Waals surface area (Å²) in [5.41, 5.74) is 1.93. The second-order valence-electron chi connectivity index (χ2n) is 4.58. The normalized spacial score (nSPS) is 22.4. The van der Waals surface area contributed by atoms with Crippen LogP contribution in [0.1, 0.15) is 5.69 Å². The Morgan fingerprint density at radius 1 is 1.48 bits per heavy atom. The van der Waals surface area contributed by atoms with Crippen LogP contribution in [0.4, 0.5) is 0 Å². The maximum Gasteiger partial charge on any atom is 0.353 e. The Balaban J connectivity index is 1.67. The van der Waals surface area contributed by atoms with Crippen LogP contribution in [0.3, 0.4) is 0 Å². The average Bonchev–Trinajstić information content (AvgIpc) is 3.05. The Labute approximate surface area is 122 Å². The first-order valence-corrected chi connectivity index (χ1v) is 7.02. The zero-order valence-corrected chi connectivity index (χ0v) is 11.3. The molecule has 2 aliphatic rings. The smallest absolute Gasteiger partial charge is 0.353 e. The third kappa shape index (κ3) is 1.69. The highest BCUT2D eigenvalue weighted by atomic mass is 32.2. The van der Waals surface area contributed by atoms with Gasteiger partial charge in [0, 0.05) is 24.0 Å². The second kappa shape index (κ2) is 4.19. The maximum atomic E-state index is 12.1. The molecule has 4 rings (SSSR count). The summed E-state index contributed by atoms with van der Waals surface area (Å²) in [6.07, 6.45) is 8.55. The van der Waals surface area contributed by atoms with Gasteiger partial charge in [0.2, 0.25) is 0 Å². The fourth-order valence-corrected chi connectivity index (χ4v) is 3.48. The molecule has 0 radical (unpaired) electrons. The number of thioether (sulfide) groups is 1. The molecule has 0 aliphatic carbocycles. The number of amides is 1. The van der Waals surface area contributed by atoms with Crippen molar-refractivity contribution in [1.29, 1.82) is 0 Å². The van der Waals surface area contributed by atoms with Crippen molar-refractivity contribution < 1.29 is 14.7 Å². The third-order valence-electron chi connectivity index (χ3n) is 3.34. The molecule has 8 heteroatoms. The van der Waals surface area contributed by atoms with Crippen molar-refractivity contribution in [3.05, 3.63) is 47.2 Å². The number of hydrogen-bond acceptors (Lipinski definition) is 5. The number of imidazole rings is 1. The van der Waals surface area contributed by atoms with Crippen molar-refractivity contribution >= 4 is 35.4 Å². The maximum absolute atomic E-state index is 12.1. The van der Waals surface area contributed by atoms with Crippen LogP contribution < -0.4 is 0 Å². The number of carboxylic acid groups (broad SMARTS) is 1. The summed E-state index contributed by atoms with van der Waals surface area (Å²) in [5, 5.41) is 10.2. The van der Waals surface area contributed by atoms with Gasteiger partial charge in [-0.05, 0) is 6.08 Å². The number of β-lactam (4-membered cyclic amide) rings is 1. The summed E-state index contributed by atoms with van der Waals surface area (Å²) >= 11 is 1.31. The van der Waals surface area contributed by atoms with Gasteiger partial charge in [-0.2, -0.15) is 0 Å². The molecule has 0 bridgehead atoms. The predicted molar refractivity (Wildman–Crippen MR) is 74.9 cm³/mol. The van der Waals surface area contributed by atoms with Crippen LogP contribution >= 0.6 is 11.8 Å². The molecule has 1 saturated heterocycles. The summed E-state index contributed by atoms with van der Waals surface area (Å²) in [4.78, 5) is 32.7. The van der Waals surface area contributed by atoms with E-state index in [9.17, 15) is 9.59 Å². The molecule has 1 N–H and O–H groups in total. The summed E-state index contributed by atoms with van der Waals surface area (Å²) in [7, 11) is 0. The number of carbonyl (C=O) groups is 2. The van der Waals surface area contributed by atoms with E-state index in [4.69, 9.17) is 5.11 Å². The Hall–Kier alpha value is -2.61. The van der Waals surface area contributed by atoms with Crippen molar-refractivity contribution in [1.82, 2.24) is 19.3 Å². The summed E-state index contributed by atoms with van der Waals surface area (Å²) < 4.78 is 1.81. The number of aromatic nitrogens is 3. The third-order valence-corrected chi connectivity index (χ3v) is 4.42. The zero-order valence-electron chi connectivity index (χ0n) is 10.5. The zero-order chi connectivity index (χ0) is 14.6. The number of fused-ring (bicyclic) bond motifs is 2. The minimum atomic E-state index is -1.09. The van der Waals surface area contributed by atoms with E-state index < -0.39 is 5.97 Å². The lowest BCUT2D eigenvalue weighted by atomic mass is 10.0. The lowest BCUT2D eigenvalue weighted by Crippen LogP contribution is -2.51. The molecule has 1 atom stereocenters. The second-order valence-corrected chi connectivity index (χ2v) is 5.53. The molecule has 2 aromatic rings. The van der Waals surface area contributed by atoms with Crippen LogP contribution in [0.2, 0.25) is 0 Å². The van der Waals surface area contributed by atoms with Gasteiger partial charge in [0.1, 0.15) is 11.1 Å². The first-order chi connectivity index (χ1) is 10.1. The molecular weight excluding hydrogens is 292 g/mol. The van der Waals surface area contributed by atoms with Crippen LogP contribution in [0.15, 0.2) is 41.5 Å². The van der Waals surface area contributed by atoms with Gasteiger partial charge in [-0.15, -0.1) is 11.8 Å². The number of rotatable bonds is 2. The van der Waals surface area contributed by atoms with E-state index in [0.717, 1.165) is 0 Å². The van der Waals surface area contributed by atoms with Crippen molar-refractivity contribution in [2.45, 2.75) is 5.37 Å². The van der Waals surface area contributed by atoms with Gasteiger partial charge in [0.25, 0.3) is 5.91 Å². The van der Waals surface area contributed by atoms with Gasteiger partial charge in [-0.25, -0.2) is 9.78 Å². The average molecular weight is 300 g/mol. The molecule has 2 aliphatic heterocycles. The summed E-state index contributed by atoms with van der Waals surface area (Å²) in [5.74, 6) is -1.37. The highest BCUT2D eigenvalue weighted by molar-refractivity contribution is 8.03. The molecule has 104 valence electrons. The fraction of sp³-hybridized carbons (Fsp3) is 0.0769. The van der Waals surface area contributed by atoms with Crippen LogP contribution in [0.5, 0.6) is 0 Å². The van der Waals surface area contributed by atoms with Crippen molar-refractivity contribution in [2.24, 2.45) is 0 Å². The minimum absolute atomic E-state index is 0.0337. The van der Waals surface area contributed by atoms with Crippen LogP contribution in [0, 0.1) is 0 Å². The van der Waals surface area contributed by atoms with E-state index in [-0.39, 0.29) is 17.0 Å². The van der Waals surface area contributed by atoms with Crippen molar-refractivity contribution in [3.8, 4) is 0 Å². The topological polar surface area (TPSA) is 87.8 Å². The monoisotopic (exact) mass is 300 g/mol. The van der Waals surface area contributed by atoms with Gasteiger partial charge in [0.15, 0.2) is 5.65 Å². The van der Waals surface area contributed by atoms with Gasteiger partial charge >= 0.3 is 5.97 Å². The molecule has 0 unspecified atom stereocenters. The summed E-state index contributed by atoms with van der Waals surface area (Å²) in [6, 6.07) is 0. The Kier molecular flexibility index (Phi) is 2.43. The SMILES string of the molecule is O=C(O)C1=CS[C@H]2C(=Cc3cn4ccncc4n3)C(=O)N12. The number of hydrogen-bond donors (Lipinski definition) is 1. The summed E-state index contributed by atoms with van der Waals surface area (Å²) in [6.45, 7) is 0. The van der Waals surface area contributed by atoms with E-state index in [1.165, 1.54) is 22.1 Å². The molecule has 0 spiro atoms. The fourth-order valence-electron chi connectivity index (χ4n) is 2.36. The first-order valence-electron chi connectivity index (χ1n) is 6.08. The van der Waals surface area contributed by atoms with E-state index in [1.807, 2.05) is 4.40 Å². The molecule has 0 saturated carbocycles. The lowest BCUT2D eigenvalue weighted by molar-refractivity contribution is -0.141. The highest BCUT2D eigenvalue weighted by Crippen LogP contribution is 2.44. The quantitative estimate of drug-likeness (QED) is 0.656. The van der Waals surface area contributed by atoms with Crippen molar-refractivity contribution in [3.63, 3.8) is 0 Å². The van der Waals surface area contributed by atoms with E-state index in [1.54, 1.807) is 30.9 Å². The number of carbonyl (C=O) groups excluding carboxylic acids is 1. The standard InChI is InChI=1S/C13H8N4O3S/c18-11-8(12-17(11)9(6-21-12)13(19)20)3-7-5-16-2-1-14-4-10(16)15-7/h1-6,12H,(H,19,20)/t12-/m0/s1. The highest BCUT2D eigenvalue weighted by Gasteiger charge is 2.49. The lowest BCUT2D eigenvalue weighted by Gasteiger charge is -2.36. The van der Waals surface area contributed by atoms with E-state index >= 15 is 0 Å². The molecule has 1 fully saturated rings. The number of nitrogens with zero attached hydrogens (tertiary/aromatic N) is 4. The van der Waals surface area contributed by atoms with Crippen LogP contribution in [0.25, 0.3) is 11.7 Å². The van der Waals surface area contributed by atoms with Gasteiger partial charge < -0.3 is 9.51 Å². The predicted octanol–water partition coefficient (Wildman–Crippen LogP) is 0.954. The molecule has 4 heterocycles. The largest absolute Gasteiger partial charge is 0.477 e. The van der Waals surface area contributed by atoms with Gasteiger partial charge in [-0.1, -0.05) is 0 Å². The molecule has 2 aromatic heterocycles. The number of aliphatic carboxylic acids is 1.